The molecule has 2 saturated heterocycles. The molecule has 7 nitrogen and oxygen atoms in total. The lowest BCUT2D eigenvalue weighted by molar-refractivity contribution is 0.0722. The van der Waals surface area contributed by atoms with Gasteiger partial charge in [-0.05, 0) is 49.3 Å². The molecule has 1 atom stereocenters. The van der Waals surface area contributed by atoms with Crippen LogP contribution in [0.15, 0.2) is 12.1 Å². The molecule has 0 aromatic heterocycles. The van der Waals surface area contributed by atoms with Crippen molar-refractivity contribution in [3.63, 3.8) is 0 Å². The second-order valence-electron chi connectivity index (χ2n) is 6.76. The van der Waals surface area contributed by atoms with E-state index in [9.17, 15) is 17.6 Å². The summed E-state index contributed by atoms with van der Waals surface area (Å²) in [6.07, 6.45) is 2.65. The van der Waals surface area contributed by atoms with Crippen molar-refractivity contribution in [2.45, 2.75) is 31.8 Å². The summed E-state index contributed by atoms with van der Waals surface area (Å²) in [5, 5.41) is -0.210. The van der Waals surface area contributed by atoms with E-state index in [1.165, 1.54) is 12.1 Å². The summed E-state index contributed by atoms with van der Waals surface area (Å²) < 4.78 is 49.3. The molecule has 0 aliphatic carbocycles. The zero-order chi connectivity index (χ0) is 19.4. The van der Waals surface area contributed by atoms with Gasteiger partial charge in [-0.15, -0.1) is 4.83 Å². The first-order chi connectivity index (χ1) is 12.9. The van der Waals surface area contributed by atoms with E-state index in [2.05, 4.69) is 5.43 Å². The summed E-state index contributed by atoms with van der Waals surface area (Å²) in [5.41, 5.74) is 2.33. The highest BCUT2D eigenvalue weighted by Crippen LogP contribution is 2.32. The van der Waals surface area contributed by atoms with Gasteiger partial charge in [0.1, 0.15) is 0 Å². The Morgan fingerprint density at radius 3 is 2.63 bits per heavy atom. The fourth-order valence-corrected chi connectivity index (χ4v) is 4.77. The lowest BCUT2D eigenvalue weighted by Crippen LogP contribution is -2.44. The van der Waals surface area contributed by atoms with Crippen LogP contribution in [0.4, 0.5) is 4.39 Å². The van der Waals surface area contributed by atoms with Crippen molar-refractivity contribution in [3.8, 4) is 0 Å². The van der Waals surface area contributed by atoms with Gasteiger partial charge in [0, 0.05) is 19.8 Å². The number of hydrogen-bond acceptors (Lipinski definition) is 5. The van der Waals surface area contributed by atoms with E-state index >= 15 is 0 Å². The van der Waals surface area contributed by atoms with Gasteiger partial charge >= 0.3 is 0 Å². The van der Waals surface area contributed by atoms with E-state index in [1.807, 2.05) is 4.83 Å². The van der Waals surface area contributed by atoms with Gasteiger partial charge < -0.3 is 9.47 Å². The maximum absolute atomic E-state index is 14.3. The molecule has 0 radical (unpaired) electrons. The molecule has 2 heterocycles. The van der Waals surface area contributed by atoms with Crippen LogP contribution in [0.2, 0.25) is 5.02 Å². The second-order valence-corrected chi connectivity index (χ2v) is 8.93. The quantitative estimate of drug-likeness (QED) is 0.689. The van der Waals surface area contributed by atoms with Crippen LogP contribution in [-0.2, 0) is 19.5 Å². The fourth-order valence-electron chi connectivity index (χ4n) is 3.26. The Balaban J connectivity index is 1.66. The predicted molar refractivity (Wildman–Crippen MR) is 97.3 cm³/mol. The molecular formula is C17H22ClFN2O5S. The van der Waals surface area contributed by atoms with Gasteiger partial charge in [0.05, 0.1) is 22.4 Å². The Morgan fingerprint density at radius 2 is 1.96 bits per heavy atom. The summed E-state index contributed by atoms with van der Waals surface area (Å²) >= 11 is 5.90. The molecule has 27 heavy (non-hydrogen) atoms. The van der Waals surface area contributed by atoms with Crippen LogP contribution in [0.25, 0.3) is 0 Å². The molecule has 1 aromatic rings. The number of carbonyl (C=O) groups is 1. The van der Waals surface area contributed by atoms with E-state index in [4.69, 9.17) is 21.1 Å². The minimum absolute atomic E-state index is 0.0397. The van der Waals surface area contributed by atoms with Gasteiger partial charge in [-0.2, -0.15) is 0 Å². The van der Waals surface area contributed by atoms with Crippen molar-refractivity contribution in [2.75, 3.05) is 25.6 Å². The molecule has 2 aliphatic heterocycles. The number of ether oxygens (including phenoxy) is 2. The first kappa shape index (κ1) is 20.5. The number of nitrogens with one attached hydrogen (secondary N) is 2. The fraction of sp³-hybridized carbons (Fsp3) is 0.588. The first-order valence-corrected chi connectivity index (χ1v) is 10.9. The van der Waals surface area contributed by atoms with Crippen LogP contribution in [0.5, 0.6) is 0 Å². The Kier molecular flexibility index (Phi) is 6.69. The monoisotopic (exact) mass is 420 g/mol. The SMILES string of the molecule is O=C(NNS(=O)(=O)CC1CCOCC1)c1cc(C2CCCO2)cc(Cl)c1F. The second kappa shape index (κ2) is 8.83. The van der Waals surface area contributed by atoms with Gasteiger partial charge in [0.25, 0.3) is 5.91 Å². The van der Waals surface area contributed by atoms with E-state index < -0.39 is 21.7 Å². The van der Waals surface area contributed by atoms with Crippen LogP contribution in [0.3, 0.4) is 0 Å². The lowest BCUT2D eigenvalue weighted by Gasteiger charge is -2.21. The topological polar surface area (TPSA) is 93.7 Å². The average Bonchev–Trinajstić information content (AvgIpc) is 3.17. The summed E-state index contributed by atoms with van der Waals surface area (Å²) in [6, 6.07) is 2.78. The third-order valence-electron chi connectivity index (χ3n) is 4.71. The molecule has 2 fully saturated rings. The number of hydrogen-bond donors (Lipinski definition) is 2. The van der Waals surface area contributed by atoms with Crippen molar-refractivity contribution in [3.05, 3.63) is 34.1 Å². The molecule has 0 saturated carbocycles. The largest absolute Gasteiger partial charge is 0.381 e. The number of amides is 1. The number of rotatable bonds is 6. The number of hydrazine groups is 1. The molecule has 2 aliphatic rings. The Bertz CT molecular complexity index is 793. The molecular weight excluding hydrogens is 399 g/mol. The molecule has 3 rings (SSSR count). The Labute approximate surface area is 162 Å². The number of benzene rings is 1. The van der Waals surface area contributed by atoms with Gasteiger partial charge in [-0.3, -0.25) is 10.2 Å². The summed E-state index contributed by atoms with van der Waals surface area (Å²) in [7, 11) is -3.75. The summed E-state index contributed by atoms with van der Waals surface area (Å²) in [5.74, 6) is -1.98. The van der Waals surface area contributed by atoms with Gasteiger partial charge in [0.15, 0.2) is 5.82 Å². The average molecular weight is 421 g/mol. The molecule has 0 spiro atoms. The summed E-state index contributed by atoms with van der Waals surface area (Å²) in [4.78, 5) is 14.4. The van der Waals surface area contributed by atoms with Crippen molar-refractivity contribution in [1.29, 1.82) is 0 Å². The normalized spacial score (nSPS) is 21.3. The number of sulfonamides is 1. The smallest absolute Gasteiger partial charge is 0.269 e. The predicted octanol–water partition coefficient (Wildman–Crippen LogP) is 2.32. The highest BCUT2D eigenvalue weighted by atomic mass is 35.5. The van der Waals surface area contributed by atoms with Crippen LogP contribution in [0.1, 0.15) is 47.7 Å². The molecule has 0 bridgehead atoms. The highest BCUT2D eigenvalue weighted by Gasteiger charge is 2.25. The van der Waals surface area contributed by atoms with Crippen molar-refractivity contribution in [1.82, 2.24) is 10.3 Å². The van der Waals surface area contributed by atoms with Crippen LogP contribution in [0, 0.1) is 11.7 Å². The number of halogens is 2. The minimum Gasteiger partial charge on any atom is -0.381 e. The lowest BCUT2D eigenvalue weighted by atomic mass is 10.0. The molecule has 10 heteroatoms. The van der Waals surface area contributed by atoms with Crippen LogP contribution < -0.4 is 10.3 Å². The van der Waals surface area contributed by atoms with Gasteiger partial charge in [-0.1, -0.05) is 11.6 Å². The van der Waals surface area contributed by atoms with E-state index in [-0.39, 0.29) is 28.4 Å². The maximum atomic E-state index is 14.3. The van der Waals surface area contributed by atoms with Gasteiger partial charge in [0.2, 0.25) is 10.0 Å². The van der Waals surface area contributed by atoms with Gasteiger partial charge in [-0.25, -0.2) is 12.8 Å². The first-order valence-electron chi connectivity index (χ1n) is 8.84. The standard InChI is InChI=1S/C17H22ClFN2O5S/c18-14-9-12(15-2-1-5-26-15)8-13(16(14)19)17(22)20-21-27(23,24)10-11-3-6-25-7-4-11/h8-9,11,15,21H,1-7,10H2,(H,20,22). The van der Waals surface area contributed by atoms with E-state index in [1.54, 1.807) is 0 Å². The van der Waals surface area contributed by atoms with Crippen molar-refractivity contribution < 1.29 is 27.1 Å². The van der Waals surface area contributed by atoms with Crippen LogP contribution in [-0.4, -0.2) is 39.9 Å². The molecule has 1 amide bonds. The minimum atomic E-state index is -3.75. The molecule has 1 unspecified atom stereocenters. The van der Waals surface area contributed by atoms with Crippen molar-refractivity contribution in [2.24, 2.45) is 5.92 Å². The molecule has 150 valence electrons. The molecule has 1 aromatic carbocycles. The molecule has 2 N–H and O–H groups in total. The Hall–Kier alpha value is -1.26. The van der Waals surface area contributed by atoms with E-state index in [0.717, 1.165) is 12.8 Å². The van der Waals surface area contributed by atoms with E-state index in [0.29, 0.717) is 38.2 Å². The highest BCUT2D eigenvalue weighted by molar-refractivity contribution is 7.89. The third-order valence-corrected chi connectivity index (χ3v) is 6.31. The Morgan fingerprint density at radius 1 is 1.22 bits per heavy atom. The van der Waals surface area contributed by atoms with Crippen LogP contribution >= 0.6 is 11.6 Å². The van der Waals surface area contributed by atoms with Crippen molar-refractivity contribution >= 4 is 27.5 Å². The zero-order valence-corrected chi connectivity index (χ0v) is 16.2. The zero-order valence-electron chi connectivity index (χ0n) is 14.7. The third kappa shape index (κ3) is 5.39. The maximum Gasteiger partial charge on any atom is 0.269 e. The number of carbonyl (C=O) groups excluding carboxylic acids is 1. The summed E-state index contributed by atoms with van der Waals surface area (Å²) in [6.45, 7) is 1.63.